The van der Waals surface area contributed by atoms with Crippen LogP contribution in [0.4, 0.5) is 0 Å². The second-order valence-electron chi connectivity index (χ2n) is 9.30. The monoisotopic (exact) mass is 368 g/mol. The molecule has 0 amide bonds. The normalized spacial score (nSPS) is 43.4. The van der Waals surface area contributed by atoms with Gasteiger partial charge in [-0.2, -0.15) is 0 Å². The number of aliphatic hydroxyl groups excluding tert-OH is 1. The van der Waals surface area contributed by atoms with Crippen LogP contribution in [0.3, 0.4) is 0 Å². The maximum atomic E-state index is 11.9. The van der Waals surface area contributed by atoms with E-state index in [1.54, 1.807) is 26.8 Å². The molecular weight excluding hydrogens is 336 g/mol. The van der Waals surface area contributed by atoms with E-state index in [0.717, 1.165) is 0 Å². The van der Waals surface area contributed by atoms with Crippen LogP contribution in [0.25, 0.3) is 0 Å². The van der Waals surface area contributed by atoms with Crippen molar-refractivity contribution in [3.8, 4) is 0 Å². The summed E-state index contributed by atoms with van der Waals surface area (Å²) >= 11 is 0. The number of hydrogen-bond acceptors (Lipinski definition) is 4. The Labute approximate surface area is 155 Å². The standard InChI is InChI=1S/C20H32O6/c1-7-19(5)14(21)10-13-18(4,11-15(22)23)12(17(2,3)16(24)25)8-9-20(13,6)26-19/h7,12-14,21H,1,8-11H2,2-6H3,(H,22,23)(H,24,25)/t12-,13+,14-,18-,19+,20+/m1/s1. The highest BCUT2D eigenvalue weighted by atomic mass is 16.5. The molecule has 148 valence electrons. The van der Waals surface area contributed by atoms with Gasteiger partial charge in [0.05, 0.1) is 23.5 Å². The van der Waals surface area contributed by atoms with E-state index in [0.29, 0.717) is 19.3 Å². The van der Waals surface area contributed by atoms with Gasteiger partial charge in [-0.05, 0) is 64.2 Å². The lowest BCUT2D eigenvalue weighted by atomic mass is 9.47. The molecule has 2 fully saturated rings. The Balaban J connectivity index is 2.55. The summed E-state index contributed by atoms with van der Waals surface area (Å²) in [5, 5.41) is 30.0. The molecule has 1 saturated carbocycles. The van der Waals surface area contributed by atoms with Crippen molar-refractivity contribution in [2.45, 2.75) is 77.6 Å². The Kier molecular flexibility index (Phi) is 5.10. The summed E-state index contributed by atoms with van der Waals surface area (Å²) in [6, 6.07) is 0. The lowest BCUT2D eigenvalue weighted by Gasteiger charge is -2.63. The molecule has 1 heterocycles. The van der Waals surface area contributed by atoms with E-state index in [1.165, 1.54) is 0 Å². The minimum atomic E-state index is -1.07. The molecule has 0 aromatic heterocycles. The number of carboxylic acids is 2. The smallest absolute Gasteiger partial charge is 0.309 e. The molecule has 3 N–H and O–H groups in total. The van der Waals surface area contributed by atoms with Crippen LogP contribution < -0.4 is 0 Å². The third kappa shape index (κ3) is 3.07. The van der Waals surface area contributed by atoms with Gasteiger partial charge >= 0.3 is 11.9 Å². The van der Waals surface area contributed by atoms with Crippen LogP contribution in [0.1, 0.15) is 60.3 Å². The Bertz CT molecular complexity index is 613. The molecule has 0 radical (unpaired) electrons. The molecule has 1 aliphatic heterocycles. The van der Waals surface area contributed by atoms with Crippen molar-refractivity contribution in [3.05, 3.63) is 12.7 Å². The Morgan fingerprint density at radius 2 is 1.85 bits per heavy atom. The number of ether oxygens (including phenoxy) is 1. The first kappa shape index (κ1) is 20.9. The lowest BCUT2D eigenvalue weighted by Crippen LogP contribution is -2.66. The Morgan fingerprint density at radius 1 is 1.27 bits per heavy atom. The minimum Gasteiger partial charge on any atom is -0.481 e. The zero-order valence-electron chi connectivity index (χ0n) is 16.4. The summed E-state index contributed by atoms with van der Waals surface area (Å²) in [7, 11) is 0. The van der Waals surface area contributed by atoms with E-state index in [1.807, 2.05) is 13.8 Å². The fourth-order valence-electron chi connectivity index (χ4n) is 5.63. The topological polar surface area (TPSA) is 104 Å². The van der Waals surface area contributed by atoms with Gasteiger partial charge in [-0.15, -0.1) is 6.58 Å². The van der Waals surface area contributed by atoms with Crippen molar-refractivity contribution in [2.75, 3.05) is 0 Å². The average molecular weight is 368 g/mol. The molecule has 0 spiro atoms. The summed E-state index contributed by atoms with van der Waals surface area (Å²) in [5.74, 6) is -2.51. The van der Waals surface area contributed by atoms with Crippen molar-refractivity contribution >= 4 is 11.9 Å². The first-order chi connectivity index (χ1) is 11.7. The first-order valence-electron chi connectivity index (χ1n) is 9.20. The second kappa shape index (κ2) is 6.34. The fourth-order valence-corrected chi connectivity index (χ4v) is 5.63. The SMILES string of the molecule is C=C[C@]1(C)O[C@@]2(C)CC[C@H](C(C)(C)C(=O)O)[C@@](C)(CC(=O)O)[C@@H]2C[C@H]1O. The van der Waals surface area contributed by atoms with Gasteiger partial charge in [-0.1, -0.05) is 13.0 Å². The highest BCUT2D eigenvalue weighted by Crippen LogP contribution is 2.62. The van der Waals surface area contributed by atoms with Gasteiger partial charge < -0.3 is 20.1 Å². The van der Waals surface area contributed by atoms with E-state index in [4.69, 9.17) is 4.74 Å². The quantitative estimate of drug-likeness (QED) is 0.644. The summed E-state index contributed by atoms with van der Waals surface area (Å²) in [6.07, 6.45) is 2.15. The third-order valence-electron chi connectivity index (χ3n) is 7.19. The van der Waals surface area contributed by atoms with Gasteiger partial charge in [0.15, 0.2) is 0 Å². The van der Waals surface area contributed by atoms with Gasteiger partial charge in [-0.25, -0.2) is 0 Å². The number of rotatable bonds is 5. The maximum absolute atomic E-state index is 11.9. The van der Waals surface area contributed by atoms with Crippen molar-refractivity contribution in [3.63, 3.8) is 0 Å². The van der Waals surface area contributed by atoms with Crippen molar-refractivity contribution in [1.82, 2.24) is 0 Å². The van der Waals surface area contributed by atoms with Gasteiger partial charge in [0.1, 0.15) is 5.60 Å². The van der Waals surface area contributed by atoms with Crippen molar-refractivity contribution in [1.29, 1.82) is 0 Å². The molecule has 26 heavy (non-hydrogen) atoms. The molecule has 2 rings (SSSR count). The first-order valence-corrected chi connectivity index (χ1v) is 9.20. The van der Waals surface area contributed by atoms with E-state index >= 15 is 0 Å². The van der Waals surface area contributed by atoms with Crippen LogP contribution in [-0.2, 0) is 14.3 Å². The third-order valence-corrected chi connectivity index (χ3v) is 7.19. The number of carboxylic acid groups (broad SMARTS) is 2. The van der Waals surface area contributed by atoms with Crippen LogP contribution in [-0.4, -0.2) is 44.6 Å². The van der Waals surface area contributed by atoms with E-state index < -0.39 is 40.1 Å². The largest absolute Gasteiger partial charge is 0.481 e. The Morgan fingerprint density at radius 3 is 2.31 bits per heavy atom. The number of aliphatic hydroxyl groups is 1. The van der Waals surface area contributed by atoms with Gasteiger partial charge in [0.2, 0.25) is 0 Å². The number of hydrogen-bond donors (Lipinski definition) is 3. The molecule has 6 atom stereocenters. The number of aliphatic carboxylic acids is 2. The molecule has 6 heteroatoms. The molecule has 0 aromatic carbocycles. The van der Waals surface area contributed by atoms with Gasteiger partial charge in [0, 0.05) is 0 Å². The van der Waals surface area contributed by atoms with E-state index in [2.05, 4.69) is 6.58 Å². The maximum Gasteiger partial charge on any atom is 0.309 e. The molecule has 1 saturated heterocycles. The van der Waals surface area contributed by atoms with Crippen molar-refractivity contribution < 1.29 is 29.6 Å². The zero-order chi connectivity index (χ0) is 20.1. The predicted molar refractivity (Wildman–Crippen MR) is 96.7 cm³/mol. The zero-order valence-corrected chi connectivity index (χ0v) is 16.4. The van der Waals surface area contributed by atoms with E-state index in [-0.39, 0.29) is 18.3 Å². The summed E-state index contributed by atoms with van der Waals surface area (Å²) in [6.45, 7) is 12.7. The number of carbonyl (C=O) groups is 2. The molecule has 6 nitrogen and oxygen atoms in total. The van der Waals surface area contributed by atoms with Crippen molar-refractivity contribution in [2.24, 2.45) is 22.7 Å². The van der Waals surface area contributed by atoms with Gasteiger partial charge in [-0.3, -0.25) is 9.59 Å². The predicted octanol–water partition coefficient (Wildman–Crippen LogP) is 3.09. The van der Waals surface area contributed by atoms with Crippen LogP contribution in [0.5, 0.6) is 0 Å². The molecular formula is C20H32O6. The molecule has 0 bridgehead atoms. The molecule has 0 aromatic rings. The van der Waals surface area contributed by atoms with Crippen LogP contribution in [0.2, 0.25) is 0 Å². The number of fused-ring (bicyclic) bond motifs is 1. The summed E-state index contributed by atoms with van der Waals surface area (Å²) in [4.78, 5) is 23.6. The summed E-state index contributed by atoms with van der Waals surface area (Å²) < 4.78 is 6.32. The lowest BCUT2D eigenvalue weighted by molar-refractivity contribution is -0.277. The average Bonchev–Trinajstić information content (AvgIpc) is 2.48. The molecule has 0 unspecified atom stereocenters. The second-order valence-corrected chi connectivity index (χ2v) is 9.30. The Hall–Kier alpha value is -1.40. The van der Waals surface area contributed by atoms with E-state index in [9.17, 15) is 24.9 Å². The summed E-state index contributed by atoms with van der Waals surface area (Å²) in [5.41, 5.74) is -3.43. The molecule has 2 aliphatic rings. The highest BCUT2D eigenvalue weighted by molar-refractivity contribution is 5.75. The highest BCUT2D eigenvalue weighted by Gasteiger charge is 2.63. The van der Waals surface area contributed by atoms with Crippen LogP contribution in [0.15, 0.2) is 12.7 Å². The van der Waals surface area contributed by atoms with Gasteiger partial charge in [0.25, 0.3) is 0 Å². The molecule has 1 aliphatic carbocycles. The van der Waals surface area contributed by atoms with Crippen LogP contribution in [0, 0.1) is 22.7 Å². The fraction of sp³-hybridized carbons (Fsp3) is 0.800. The van der Waals surface area contributed by atoms with Crippen LogP contribution >= 0.6 is 0 Å². The minimum absolute atomic E-state index is 0.157.